The quantitative estimate of drug-likeness (QED) is 0.871. The van der Waals surface area contributed by atoms with Gasteiger partial charge in [-0.2, -0.15) is 0 Å². The molecule has 0 aromatic carbocycles. The second-order valence-corrected chi connectivity index (χ2v) is 7.55. The van der Waals surface area contributed by atoms with Crippen LogP contribution in [0.3, 0.4) is 0 Å². The Kier molecular flexibility index (Phi) is 5.07. The molecule has 0 spiro atoms. The summed E-state index contributed by atoms with van der Waals surface area (Å²) in [7, 11) is 2.03. The van der Waals surface area contributed by atoms with E-state index in [2.05, 4.69) is 24.6 Å². The summed E-state index contributed by atoms with van der Waals surface area (Å²) in [6.45, 7) is 4.47. The maximum absolute atomic E-state index is 12.8. The number of pyridine rings is 1. The highest BCUT2D eigenvalue weighted by atomic mass is 16.2. The van der Waals surface area contributed by atoms with Crippen molar-refractivity contribution in [1.29, 1.82) is 0 Å². The predicted molar refractivity (Wildman–Crippen MR) is 100 cm³/mol. The Balaban J connectivity index is 1.46. The molecule has 1 atom stereocenters. The zero-order valence-electron chi connectivity index (χ0n) is 15.7. The van der Waals surface area contributed by atoms with Gasteiger partial charge in [0.05, 0.1) is 12.1 Å². The maximum atomic E-state index is 12.8. The molecule has 2 saturated heterocycles. The number of carbonyl (C=O) groups is 1. The van der Waals surface area contributed by atoms with Gasteiger partial charge < -0.3 is 14.5 Å². The number of H-pyrrole nitrogens is 1. The molecule has 4 heterocycles. The highest BCUT2D eigenvalue weighted by molar-refractivity contribution is 5.93. The van der Waals surface area contributed by atoms with Gasteiger partial charge >= 0.3 is 0 Å². The summed E-state index contributed by atoms with van der Waals surface area (Å²) in [6.07, 6.45) is 5.95. The van der Waals surface area contributed by atoms with E-state index < -0.39 is 0 Å². The molecular weight excluding hydrogens is 344 g/mol. The molecule has 0 saturated carbocycles. The molecule has 0 bridgehead atoms. The molecule has 1 amide bonds. The van der Waals surface area contributed by atoms with Crippen LogP contribution < -0.4 is 5.56 Å². The zero-order chi connectivity index (χ0) is 18.8. The van der Waals surface area contributed by atoms with E-state index in [-0.39, 0.29) is 17.4 Å². The molecule has 1 N–H and O–H groups in total. The Morgan fingerprint density at radius 2 is 2.00 bits per heavy atom. The number of nitrogens with zero attached hydrogens (tertiary/aromatic N) is 5. The van der Waals surface area contributed by atoms with Crippen molar-refractivity contribution < 1.29 is 4.79 Å². The number of aromatic nitrogens is 4. The first kappa shape index (κ1) is 17.9. The minimum absolute atomic E-state index is 0.0459. The molecule has 0 unspecified atom stereocenters. The summed E-state index contributed by atoms with van der Waals surface area (Å²) >= 11 is 0. The lowest BCUT2D eigenvalue weighted by molar-refractivity contribution is 0.0703. The number of amides is 1. The van der Waals surface area contributed by atoms with Crippen LogP contribution in [0.2, 0.25) is 0 Å². The molecule has 8 heteroatoms. The third-order valence-corrected chi connectivity index (χ3v) is 5.67. The van der Waals surface area contributed by atoms with Gasteiger partial charge in [0.25, 0.3) is 5.91 Å². The summed E-state index contributed by atoms with van der Waals surface area (Å²) in [6, 6.07) is 2.98. The number of rotatable bonds is 4. The van der Waals surface area contributed by atoms with Crippen molar-refractivity contribution in [2.24, 2.45) is 7.05 Å². The highest BCUT2D eigenvalue weighted by Crippen LogP contribution is 2.27. The first-order chi connectivity index (χ1) is 13.1. The van der Waals surface area contributed by atoms with Crippen LogP contribution in [-0.2, 0) is 13.6 Å². The SMILES string of the molecule is Cn1c(CN2CCCC2)nnc1[C@H]1CCCN(C(=O)c2ccc(=O)[nH]c2)C1. The van der Waals surface area contributed by atoms with Crippen LogP contribution >= 0.6 is 0 Å². The third-order valence-electron chi connectivity index (χ3n) is 5.67. The molecule has 4 rings (SSSR count). The van der Waals surface area contributed by atoms with Crippen LogP contribution in [0.1, 0.15) is 53.6 Å². The molecule has 8 nitrogen and oxygen atoms in total. The van der Waals surface area contributed by atoms with Gasteiger partial charge in [0.2, 0.25) is 5.56 Å². The van der Waals surface area contributed by atoms with Gasteiger partial charge in [-0.25, -0.2) is 0 Å². The molecule has 2 aromatic rings. The van der Waals surface area contributed by atoms with E-state index >= 15 is 0 Å². The normalized spacial score (nSPS) is 20.9. The van der Waals surface area contributed by atoms with Crippen LogP contribution in [0, 0.1) is 0 Å². The Hall–Kier alpha value is -2.48. The van der Waals surface area contributed by atoms with Gasteiger partial charge in [-0.15, -0.1) is 10.2 Å². The van der Waals surface area contributed by atoms with Gasteiger partial charge in [0.1, 0.15) is 11.6 Å². The average molecular weight is 370 g/mol. The minimum Gasteiger partial charge on any atom is -0.338 e. The van der Waals surface area contributed by atoms with Gasteiger partial charge in [0.15, 0.2) is 0 Å². The summed E-state index contributed by atoms with van der Waals surface area (Å²) in [5.41, 5.74) is 0.315. The van der Waals surface area contributed by atoms with E-state index in [0.717, 1.165) is 50.7 Å². The average Bonchev–Trinajstić information content (AvgIpc) is 3.33. The Morgan fingerprint density at radius 1 is 1.19 bits per heavy atom. The number of likely N-dealkylation sites (tertiary alicyclic amines) is 2. The lowest BCUT2D eigenvalue weighted by Gasteiger charge is -2.32. The first-order valence-corrected chi connectivity index (χ1v) is 9.70. The number of hydrogen-bond acceptors (Lipinski definition) is 5. The molecule has 0 radical (unpaired) electrons. The second-order valence-electron chi connectivity index (χ2n) is 7.55. The standard InChI is InChI=1S/C19H26N6O2/c1-23-16(13-24-8-2-3-9-24)21-22-18(23)15-5-4-10-25(12-15)19(27)14-6-7-17(26)20-11-14/h6-7,11,15H,2-5,8-10,12-13H2,1H3,(H,20,26)/t15-/m0/s1. The zero-order valence-corrected chi connectivity index (χ0v) is 15.7. The Labute approximate surface area is 158 Å². The predicted octanol–water partition coefficient (Wildman–Crippen LogP) is 1.12. The lowest BCUT2D eigenvalue weighted by Crippen LogP contribution is -2.40. The van der Waals surface area contributed by atoms with Gasteiger partial charge in [0, 0.05) is 38.3 Å². The Bertz CT molecular complexity index is 847. The van der Waals surface area contributed by atoms with E-state index in [1.54, 1.807) is 6.07 Å². The first-order valence-electron chi connectivity index (χ1n) is 9.70. The second kappa shape index (κ2) is 7.64. The van der Waals surface area contributed by atoms with Crippen molar-refractivity contribution in [2.45, 2.75) is 38.1 Å². The molecule has 144 valence electrons. The highest BCUT2D eigenvalue weighted by Gasteiger charge is 2.29. The molecule has 2 fully saturated rings. The van der Waals surface area contributed by atoms with Crippen molar-refractivity contribution in [1.82, 2.24) is 29.5 Å². The summed E-state index contributed by atoms with van der Waals surface area (Å²) < 4.78 is 2.11. The fourth-order valence-electron chi connectivity index (χ4n) is 4.11. The lowest BCUT2D eigenvalue weighted by atomic mass is 9.96. The van der Waals surface area contributed by atoms with Gasteiger partial charge in [-0.1, -0.05) is 0 Å². The minimum atomic E-state index is -0.201. The summed E-state index contributed by atoms with van der Waals surface area (Å²) in [4.78, 5) is 30.8. The maximum Gasteiger partial charge on any atom is 0.255 e. The van der Waals surface area contributed by atoms with Crippen LogP contribution in [-0.4, -0.2) is 61.6 Å². The monoisotopic (exact) mass is 370 g/mol. The molecule has 0 aliphatic carbocycles. The number of hydrogen-bond donors (Lipinski definition) is 1. The largest absolute Gasteiger partial charge is 0.338 e. The molecule has 2 aliphatic heterocycles. The van der Waals surface area contributed by atoms with Gasteiger partial charge in [-0.3, -0.25) is 14.5 Å². The van der Waals surface area contributed by atoms with E-state index in [0.29, 0.717) is 12.1 Å². The van der Waals surface area contributed by atoms with E-state index in [9.17, 15) is 9.59 Å². The fraction of sp³-hybridized carbons (Fsp3) is 0.579. The van der Waals surface area contributed by atoms with Gasteiger partial charge in [-0.05, 0) is 44.8 Å². The molecular formula is C19H26N6O2. The number of carbonyl (C=O) groups excluding carboxylic acids is 1. The van der Waals surface area contributed by atoms with Crippen molar-refractivity contribution in [3.8, 4) is 0 Å². The van der Waals surface area contributed by atoms with Crippen LogP contribution in [0.4, 0.5) is 0 Å². The third kappa shape index (κ3) is 3.80. The fourth-order valence-corrected chi connectivity index (χ4v) is 4.11. The summed E-state index contributed by atoms with van der Waals surface area (Å²) in [5.74, 6) is 2.10. The van der Waals surface area contributed by atoms with Crippen LogP contribution in [0.25, 0.3) is 0 Å². The van der Waals surface area contributed by atoms with Crippen LogP contribution in [0.15, 0.2) is 23.1 Å². The smallest absolute Gasteiger partial charge is 0.255 e. The Morgan fingerprint density at radius 3 is 2.74 bits per heavy atom. The summed E-state index contributed by atoms with van der Waals surface area (Å²) in [5, 5.41) is 8.88. The van der Waals surface area contributed by atoms with Crippen molar-refractivity contribution >= 4 is 5.91 Å². The van der Waals surface area contributed by atoms with Crippen molar-refractivity contribution in [3.63, 3.8) is 0 Å². The number of nitrogens with one attached hydrogen (secondary N) is 1. The van der Waals surface area contributed by atoms with E-state index in [4.69, 9.17) is 0 Å². The van der Waals surface area contributed by atoms with Crippen molar-refractivity contribution in [3.05, 3.63) is 45.9 Å². The van der Waals surface area contributed by atoms with Crippen LogP contribution in [0.5, 0.6) is 0 Å². The topological polar surface area (TPSA) is 87.1 Å². The molecule has 2 aliphatic rings. The number of aromatic amines is 1. The van der Waals surface area contributed by atoms with E-state index in [1.807, 2.05) is 11.9 Å². The number of piperidine rings is 1. The molecule has 2 aromatic heterocycles. The van der Waals surface area contributed by atoms with Crippen molar-refractivity contribution in [2.75, 3.05) is 26.2 Å². The van der Waals surface area contributed by atoms with E-state index in [1.165, 1.54) is 25.1 Å². The molecule has 27 heavy (non-hydrogen) atoms.